The van der Waals surface area contributed by atoms with Gasteiger partial charge >= 0.3 is 6.11 Å². The maximum atomic E-state index is 15.0. The van der Waals surface area contributed by atoms with E-state index in [0.29, 0.717) is 61.5 Å². The molecule has 2 nitrogen and oxygen atoms in total. The van der Waals surface area contributed by atoms with Crippen LogP contribution < -0.4 is 0 Å². The van der Waals surface area contributed by atoms with Crippen LogP contribution in [0.4, 0.5) is 13.2 Å². The first-order valence-corrected chi connectivity index (χ1v) is 13.5. The van der Waals surface area contributed by atoms with Gasteiger partial charge in [-0.25, -0.2) is 4.39 Å². The Bertz CT molecular complexity index is 553. The minimum Gasteiger partial charge on any atom is -0.390 e. The van der Waals surface area contributed by atoms with E-state index >= 15 is 0 Å². The molecule has 3 unspecified atom stereocenters. The van der Waals surface area contributed by atoms with Crippen LogP contribution >= 0.6 is 0 Å². The van der Waals surface area contributed by atoms with E-state index in [9.17, 15) is 18.3 Å². The normalized spacial score (nSPS) is 44.0. The van der Waals surface area contributed by atoms with Crippen molar-refractivity contribution in [1.82, 2.24) is 0 Å². The van der Waals surface area contributed by atoms with Gasteiger partial charge in [-0.15, -0.1) is 0 Å². The molecule has 0 aromatic rings. The summed E-state index contributed by atoms with van der Waals surface area (Å²) in [5.41, 5.74) is 0. The molecule has 0 radical (unpaired) electrons. The molecule has 0 bridgehead atoms. The van der Waals surface area contributed by atoms with Crippen LogP contribution in [-0.4, -0.2) is 34.8 Å². The fourth-order valence-corrected chi connectivity index (χ4v) is 7.42. The van der Waals surface area contributed by atoms with Gasteiger partial charge in [-0.05, 0) is 133 Å². The van der Waals surface area contributed by atoms with E-state index in [0.717, 1.165) is 38.0 Å². The van der Waals surface area contributed by atoms with Gasteiger partial charge in [-0.3, -0.25) is 0 Å². The minimum atomic E-state index is -3.02. The van der Waals surface area contributed by atoms with Crippen molar-refractivity contribution in [2.45, 2.75) is 133 Å². The molecular formula is C26H46F3O2S+. The number of aliphatic hydroxyl groups excluding tert-OH is 1. The summed E-state index contributed by atoms with van der Waals surface area (Å²) in [6, 6.07) is 0. The van der Waals surface area contributed by atoms with Crippen LogP contribution in [0.1, 0.15) is 104 Å². The summed E-state index contributed by atoms with van der Waals surface area (Å²) >= 11 is 3.76. The summed E-state index contributed by atoms with van der Waals surface area (Å²) in [7, 11) is 0. The molecule has 3 atom stereocenters. The second-order valence-electron chi connectivity index (χ2n) is 11.1. The lowest BCUT2D eigenvalue weighted by atomic mass is 9.70. The minimum absolute atomic E-state index is 0. The van der Waals surface area contributed by atoms with Gasteiger partial charge in [-0.2, -0.15) is 8.78 Å². The van der Waals surface area contributed by atoms with Crippen molar-refractivity contribution < 1.29 is 23.0 Å². The summed E-state index contributed by atoms with van der Waals surface area (Å²) in [6.45, 7) is 0. The molecule has 0 amide bonds. The molecular weight excluding hydrogens is 433 g/mol. The lowest BCUT2D eigenvalue weighted by molar-refractivity contribution is -0.302. The number of ether oxygens (including phenoxy) is 1. The lowest BCUT2D eigenvalue weighted by Crippen LogP contribution is -2.41. The Morgan fingerprint density at radius 3 is 1.72 bits per heavy atom. The highest BCUT2D eigenvalue weighted by molar-refractivity contribution is 7.59. The molecule has 0 aromatic carbocycles. The molecule has 32 heavy (non-hydrogen) atoms. The molecule has 4 fully saturated rings. The number of rotatable bonds is 5. The highest BCUT2D eigenvalue weighted by atomic mass is 32.1. The Morgan fingerprint density at radius 2 is 1.16 bits per heavy atom. The van der Waals surface area contributed by atoms with Crippen LogP contribution in [0.25, 0.3) is 0 Å². The first-order chi connectivity index (χ1) is 14.8. The predicted octanol–water partition coefficient (Wildman–Crippen LogP) is 6.67. The molecule has 1 N–H and O–H groups in total. The van der Waals surface area contributed by atoms with E-state index in [-0.39, 0.29) is 13.5 Å². The van der Waals surface area contributed by atoms with Gasteiger partial charge in [0.1, 0.15) is 11.4 Å². The first kappa shape index (κ1) is 26.7. The largest absolute Gasteiger partial charge is 0.390 e. The molecule has 4 saturated carbocycles. The number of hydrogen-bond acceptors (Lipinski definition) is 2. The average Bonchev–Trinajstić information content (AvgIpc) is 2.77. The van der Waals surface area contributed by atoms with Gasteiger partial charge in [0.25, 0.3) is 0 Å². The second-order valence-corrected chi connectivity index (χ2v) is 11.9. The van der Waals surface area contributed by atoms with E-state index in [2.05, 4.69) is 12.6 Å². The molecule has 0 aliphatic heterocycles. The molecule has 4 aliphatic rings. The number of hydrogen-bond donors (Lipinski definition) is 1. The van der Waals surface area contributed by atoms with E-state index in [1.54, 1.807) is 0 Å². The van der Waals surface area contributed by atoms with E-state index in [1.165, 1.54) is 25.7 Å². The van der Waals surface area contributed by atoms with Crippen LogP contribution in [0, 0.1) is 29.6 Å². The molecule has 0 heterocycles. The van der Waals surface area contributed by atoms with Gasteiger partial charge in [0.2, 0.25) is 0 Å². The maximum Gasteiger partial charge on any atom is 0.358 e. The van der Waals surface area contributed by atoms with Crippen molar-refractivity contribution in [3.8, 4) is 0 Å². The highest BCUT2D eigenvalue weighted by Crippen LogP contribution is 2.46. The van der Waals surface area contributed by atoms with Crippen LogP contribution in [0.3, 0.4) is 0 Å². The van der Waals surface area contributed by atoms with Gasteiger partial charge < -0.3 is 9.84 Å². The van der Waals surface area contributed by atoms with Crippen molar-refractivity contribution in [2.75, 3.05) is 0 Å². The predicted molar refractivity (Wildman–Crippen MR) is 128 cm³/mol. The Morgan fingerprint density at radius 1 is 0.688 bits per heavy atom. The van der Waals surface area contributed by atoms with Crippen molar-refractivity contribution in [3.05, 3.63) is 0 Å². The van der Waals surface area contributed by atoms with Gasteiger partial charge in [-0.1, -0.05) is 7.43 Å². The summed E-state index contributed by atoms with van der Waals surface area (Å²) in [5, 5.41) is 10.5. The van der Waals surface area contributed by atoms with Crippen LogP contribution in [0.2, 0.25) is 0 Å². The number of halogens is 3. The average molecular weight is 480 g/mol. The van der Waals surface area contributed by atoms with Gasteiger partial charge in [0.05, 0.1) is 18.1 Å². The summed E-state index contributed by atoms with van der Waals surface area (Å²) in [5.74, 6) is 1.46. The van der Waals surface area contributed by atoms with Crippen molar-refractivity contribution in [1.29, 1.82) is 0 Å². The van der Waals surface area contributed by atoms with E-state index in [4.69, 9.17) is 4.74 Å². The fourth-order valence-electron chi connectivity index (χ4n) is 7.08. The number of alkyl halides is 3. The fraction of sp³-hybridized carbons (Fsp3) is 1.00. The Balaban J connectivity index is 0.00000289. The van der Waals surface area contributed by atoms with Crippen molar-refractivity contribution >= 4 is 12.6 Å². The molecule has 0 aromatic heterocycles. The smallest absolute Gasteiger partial charge is 0.358 e. The maximum absolute atomic E-state index is 15.0. The zero-order valence-corrected chi connectivity index (χ0v) is 19.8. The Hall–Kier alpha value is 0.0600. The van der Waals surface area contributed by atoms with E-state index < -0.39 is 24.3 Å². The van der Waals surface area contributed by atoms with Gasteiger partial charge in [0, 0.05) is 0 Å². The lowest BCUT2D eigenvalue weighted by Gasteiger charge is -2.41. The first-order valence-electron chi connectivity index (χ1n) is 12.9. The zero-order chi connectivity index (χ0) is 22.0. The van der Waals surface area contributed by atoms with E-state index in [1.807, 2.05) is 0 Å². The second kappa shape index (κ2) is 11.7. The van der Waals surface area contributed by atoms with Crippen molar-refractivity contribution in [2.24, 2.45) is 29.6 Å². The molecule has 0 spiro atoms. The van der Waals surface area contributed by atoms with Crippen LogP contribution in [-0.2, 0) is 17.4 Å². The molecule has 6 heteroatoms. The highest BCUT2D eigenvalue weighted by Gasteiger charge is 2.46. The number of aliphatic hydroxyl groups is 1. The van der Waals surface area contributed by atoms with Crippen LogP contribution in [0.15, 0.2) is 0 Å². The monoisotopic (exact) mass is 479 g/mol. The third-order valence-electron chi connectivity index (χ3n) is 9.17. The third kappa shape index (κ3) is 6.59. The Kier molecular flexibility index (Phi) is 9.72. The summed E-state index contributed by atoms with van der Waals surface area (Å²) < 4.78 is 48.9. The summed E-state index contributed by atoms with van der Waals surface area (Å²) in [6.07, 6.45) is 7.44. The molecule has 4 rings (SSSR count). The Labute approximate surface area is 198 Å². The quantitative estimate of drug-likeness (QED) is 0.447. The standard InChI is InChI=1S/C25H41F3O2S.CH4/c26-23-14-7-19(15-24(23)29)18-3-10-21(11-4-18)30-25(27,28)20-8-1-16(2-9-20)17-5-12-22(31)13-6-17;/h16-24,29,31H,1-15H2;1H4/p+1. The molecule has 188 valence electrons. The van der Waals surface area contributed by atoms with Crippen LogP contribution in [0.5, 0.6) is 0 Å². The molecule has 4 aliphatic carbocycles. The summed E-state index contributed by atoms with van der Waals surface area (Å²) in [4.78, 5) is 0. The third-order valence-corrected chi connectivity index (χ3v) is 9.75. The molecule has 0 saturated heterocycles. The topological polar surface area (TPSA) is 29.5 Å². The van der Waals surface area contributed by atoms with Crippen molar-refractivity contribution in [3.63, 3.8) is 0 Å². The zero-order valence-electron chi connectivity index (χ0n) is 18.8. The SMILES string of the molecule is C.OC1CC(C2CCC(OC(F)(F)C3CCC(C4CCC([SH2+])CC4)CC3)CC2)CCC1F. The van der Waals surface area contributed by atoms with Gasteiger partial charge in [0.15, 0.2) is 0 Å².